The van der Waals surface area contributed by atoms with Gasteiger partial charge in [0.15, 0.2) is 17.0 Å². The van der Waals surface area contributed by atoms with E-state index < -0.39 is 0 Å². The van der Waals surface area contributed by atoms with E-state index in [1.807, 2.05) is 25.5 Å². The highest BCUT2D eigenvalue weighted by atomic mass is 15.2. The number of aromatic nitrogens is 4. The van der Waals surface area contributed by atoms with E-state index in [1.54, 1.807) is 6.33 Å². The largest absolute Gasteiger partial charge is 0.368 e. The van der Waals surface area contributed by atoms with Crippen LogP contribution in [-0.4, -0.2) is 25.6 Å². The molecule has 0 amide bonds. The summed E-state index contributed by atoms with van der Waals surface area (Å²) in [7, 11) is 1.89. The standard InChI is InChI=1S/C9H12N6.C2H6/c1-15-4-11-6-7(12-5-2-3-5)13-9(10)14-8(6)15;1-2/h4-5H,2-3H2,1H3,(H3,10,12,13,14);1-2H3. The highest BCUT2D eigenvalue weighted by molar-refractivity contribution is 5.84. The van der Waals surface area contributed by atoms with Crippen molar-refractivity contribution in [3.05, 3.63) is 6.33 Å². The molecule has 0 aromatic carbocycles. The van der Waals surface area contributed by atoms with E-state index in [-0.39, 0.29) is 5.95 Å². The molecule has 2 aromatic heterocycles. The lowest BCUT2D eigenvalue weighted by molar-refractivity contribution is 0.929. The minimum Gasteiger partial charge on any atom is -0.368 e. The van der Waals surface area contributed by atoms with Gasteiger partial charge in [0.05, 0.1) is 6.33 Å². The summed E-state index contributed by atoms with van der Waals surface area (Å²) in [5.41, 5.74) is 7.21. The maximum atomic E-state index is 5.65. The van der Waals surface area contributed by atoms with Gasteiger partial charge >= 0.3 is 0 Å². The zero-order chi connectivity index (χ0) is 12.4. The Hall–Kier alpha value is -1.85. The van der Waals surface area contributed by atoms with Gasteiger partial charge in [0.2, 0.25) is 5.95 Å². The summed E-state index contributed by atoms with van der Waals surface area (Å²) in [5.74, 6) is 1.04. The molecular formula is C11H18N6. The van der Waals surface area contributed by atoms with Crippen LogP contribution in [0.25, 0.3) is 11.2 Å². The minimum atomic E-state index is 0.286. The van der Waals surface area contributed by atoms with Crippen LogP contribution in [0, 0.1) is 0 Å². The van der Waals surface area contributed by atoms with Crippen LogP contribution in [0.15, 0.2) is 6.33 Å². The molecule has 2 heterocycles. The Bertz CT molecular complexity index is 514. The highest BCUT2D eigenvalue weighted by Gasteiger charge is 2.23. The number of imidazole rings is 1. The van der Waals surface area contributed by atoms with Crippen molar-refractivity contribution < 1.29 is 0 Å². The molecule has 1 aliphatic rings. The molecule has 92 valence electrons. The highest BCUT2D eigenvalue weighted by Crippen LogP contribution is 2.27. The molecule has 6 nitrogen and oxygen atoms in total. The molecular weight excluding hydrogens is 216 g/mol. The van der Waals surface area contributed by atoms with Crippen LogP contribution in [0.4, 0.5) is 11.8 Å². The van der Waals surface area contributed by atoms with E-state index in [9.17, 15) is 0 Å². The molecule has 0 radical (unpaired) electrons. The van der Waals surface area contributed by atoms with Crippen LogP contribution in [-0.2, 0) is 7.05 Å². The minimum absolute atomic E-state index is 0.286. The Balaban J connectivity index is 0.000000514. The quantitative estimate of drug-likeness (QED) is 0.823. The first kappa shape index (κ1) is 11.6. The Labute approximate surface area is 100 Å². The lowest BCUT2D eigenvalue weighted by atomic mass is 10.4. The molecule has 1 aliphatic carbocycles. The van der Waals surface area contributed by atoms with Gasteiger partial charge in [-0.25, -0.2) is 4.98 Å². The van der Waals surface area contributed by atoms with Crippen molar-refractivity contribution in [2.45, 2.75) is 32.7 Å². The molecule has 3 N–H and O–H groups in total. The van der Waals surface area contributed by atoms with Crippen molar-refractivity contribution in [2.75, 3.05) is 11.1 Å². The van der Waals surface area contributed by atoms with Gasteiger partial charge in [-0.2, -0.15) is 9.97 Å². The summed E-state index contributed by atoms with van der Waals surface area (Å²) in [6, 6.07) is 0.532. The maximum absolute atomic E-state index is 5.65. The molecule has 0 aliphatic heterocycles. The third kappa shape index (κ3) is 2.30. The van der Waals surface area contributed by atoms with Gasteiger partial charge in [-0.05, 0) is 12.8 Å². The van der Waals surface area contributed by atoms with Crippen molar-refractivity contribution in [2.24, 2.45) is 7.05 Å². The Morgan fingerprint density at radius 1 is 1.35 bits per heavy atom. The lowest BCUT2D eigenvalue weighted by Crippen LogP contribution is -2.07. The fourth-order valence-electron chi connectivity index (χ4n) is 1.55. The van der Waals surface area contributed by atoms with Gasteiger partial charge in [0.25, 0.3) is 0 Å². The number of hydrogen-bond acceptors (Lipinski definition) is 5. The van der Waals surface area contributed by atoms with Crippen LogP contribution in [0.1, 0.15) is 26.7 Å². The van der Waals surface area contributed by atoms with Gasteiger partial charge in [0, 0.05) is 13.1 Å². The van der Waals surface area contributed by atoms with Crippen LogP contribution in [0.2, 0.25) is 0 Å². The van der Waals surface area contributed by atoms with E-state index in [0.29, 0.717) is 6.04 Å². The third-order valence-corrected chi connectivity index (χ3v) is 2.50. The lowest BCUT2D eigenvalue weighted by Gasteiger charge is -2.04. The molecule has 1 saturated carbocycles. The fourth-order valence-corrected chi connectivity index (χ4v) is 1.55. The molecule has 1 fully saturated rings. The Morgan fingerprint density at radius 3 is 2.71 bits per heavy atom. The average molecular weight is 234 g/mol. The molecule has 6 heteroatoms. The Morgan fingerprint density at radius 2 is 2.06 bits per heavy atom. The number of anilines is 2. The van der Waals surface area contributed by atoms with E-state index in [1.165, 1.54) is 12.8 Å². The zero-order valence-corrected chi connectivity index (χ0v) is 10.4. The van der Waals surface area contributed by atoms with E-state index >= 15 is 0 Å². The number of nitrogens with two attached hydrogens (primary N) is 1. The summed E-state index contributed by atoms with van der Waals surface area (Å²) in [6.45, 7) is 4.00. The van der Waals surface area contributed by atoms with Crippen molar-refractivity contribution in [3.63, 3.8) is 0 Å². The monoisotopic (exact) mass is 234 g/mol. The molecule has 3 rings (SSSR count). The number of rotatable bonds is 2. The Kier molecular flexibility index (Phi) is 3.12. The first-order chi connectivity index (χ1) is 8.24. The fraction of sp³-hybridized carbons (Fsp3) is 0.545. The number of fused-ring (bicyclic) bond motifs is 1. The number of nitrogen functional groups attached to an aromatic ring is 1. The normalized spacial score (nSPS) is 14.3. The van der Waals surface area contributed by atoms with E-state index in [4.69, 9.17) is 5.73 Å². The second-order valence-corrected chi connectivity index (χ2v) is 3.88. The van der Waals surface area contributed by atoms with Crippen LogP contribution in [0.3, 0.4) is 0 Å². The summed E-state index contributed by atoms with van der Waals surface area (Å²) < 4.78 is 1.84. The number of aryl methyl sites for hydroxylation is 1. The van der Waals surface area contributed by atoms with Crippen molar-refractivity contribution in [3.8, 4) is 0 Å². The SMILES string of the molecule is CC.Cn1cnc2c(NC3CC3)nc(N)nc21. The molecule has 0 bridgehead atoms. The van der Waals surface area contributed by atoms with Gasteiger partial charge < -0.3 is 15.6 Å². The molecule has 0 unspecified atom stereocenters. The van der Waals surface area contributed by atoms with Crippen molar-refractivity contribution in [1.29, 1.82) is 0 Å². The smallest absolute Gasteiger partial charge is 0.224 e. The predicted octanol–water partition coefficient (Wildman–Crippen LogP) is 1.55. The topological polar surface area (TPSA) is 81.7 Å². The van der Waals surface area contributed by atoms with Gasteiger partial charge in [-0.3, -0.25) is 0 Å². The third-order valence-electron chi connectivity index (χ3n) is 2.50. The van der Waals surface area contributed by atoms with Gasteiger partial charge in [-0.1, -0.05) is 13.8 Å². The second kappa shape index (κ2) is 4.57. The van der Waals surface area contributed by atoms with Gasteiger partial charge in [0.1, 0.15) is 0 Å². The first-order valence-electron chi connectivity index (χ1n) is 5.95. The molecule has 17 heavy (non-hydrogen) atoms. The summed E-state index contributed by atoms with van der Waals surface area (Å²) in [6.07, 6.45) is 4.10. The molecule has 0 atom stereocenters. The summed E-state index contributed by atoms with van der Waals surface area (Å²) >= 11 is 0. The van der Waals surface area contributed by atoms with Crippen molar-refractivity contribution >= 4 is 22.9 Å². The van der Waals surface area contributed by atoms with Gasteiger partial charge in [-0.15, -0.1) is 0 Å². The number of nitrogens with zero attached hydrogens (tertiary/aromatic N) is 4. The number of hydrogen-bond donors (Lipinski definition) is 2. The maximum Gasteiger partial charge on any atom is 0.224 e. The predicted molar refractivity (Wildman–Crippen MR) is 68.7 cm³/mol. The molecule has 0 saturated heterocycles. The number of nitrogens with one attached hydrogen (secondary N) is 1. The summed E-state index contributed by atoms with van der Waals surface area (Å²) in [4.78, 5) is 12.6. The van der Waals surface area contributed by atoms with E-state index in [0.717, 1.165) is 17.0 Å². The molecule has 2 aromatic rings. The molecule has 0 spiro atoms. The first-order valence-corrected chi connectivity index (χ1v) is 5.95. The average Bonchev–Trinajstić information content (AvgIpc) is 3.06. The van der Waals surface area contributed by atoms with Crippen LogP contribution < -0.4 is 11.1 Å². The van der Waals surface area contributed by atoms with E-state index in [2.05, 4.69) is 20.3 Å². The second-order valence-electron chi connectivity index (χ2n) is 3.88. The van der Waals surface area contributed by atoms with Crippen LogP contribution in [0.5, 0.6) is 0 Å². The summed E-state index contributed by atoms with van der Waals surface area (Å²) in [5, 5.41) is 3.31. The van der Waals surface area contributed by atoms with Crippen molar-refractivity contribution in [1.82, 2.24) is 19.5 Å². The van der Waals surface area contributed by atoms with Crippen LogP contribution >= 0.6 is 0 Å². The zero-order valence-electron chi connectivity index (χ0n) is 10.4.